The van der Waals surface area contributed by atoms with Gasteiger partial charge in [-0.05, 0) is 160 Å². The fraction of sp³-hybridized carbons (Fsp3) is 0.111. The van der Waals surface area contributed by atoms with E-state index in [0.717, 1.165) is 17.1 Å². The molecule has 0 aromatic heterocycles. The Morgan fingerprint density at radius 3 is 1.18 bits per heavy atom. The zero-order valence-electron chi connectivity index (χ0n) is 31.8. The van der Waals surface area contributed by atoms with Crippen molar-refractivity contribution in [2.24, 2.45) is 0 Å². The van der Waals surface area contributed by atoms with E-state index in [1.165, 1.54) is 88.0 Å². The van der Waals surface area contributed by atoms with Gasteiger partial charge >= 0.3 is 0 Å². The summed E-state index contributed by atoms with van der Waals surface area (Å²) in [4.78, 5) is 2.40. The SMILES string of the molecule is CC(C)c1ccc(N(c2ccc(C(C)C)cc2)c2ccc3cc4c(cc3c2)-c2cc3c(-c5ccccc5)c5ccccc5c(-c5ccccc5)c3cc2-4)cc1. The Morgan fingerprint density at radius 1 is 0.327 bits per heavy atom. The second kappa shape index (κ2) is 13.1. The van der Waals surface area contributed by atoms with Gasteiger partial charge in [0, 0.05) is 17.1 Å². The summed E-state index contributed by atoms with van der Waals surface area (Å²) in [7, 11) is 0. The molecule has 0 atom stereocenters. The second-order valence-electron chi connectivity index (χ2n) is 15.7. The fourth-order valence-electron chi connectivity index (χ4n) is 8.77. The minimum atomic E-state index is 0.485. The van der Waals surface area contributed by atoms with Gasteiger partial charge in [0.1, 0.15) is 0 Å². The van der Waals surface area contributed by atoms with Crippen LogP contribution in [-0.2, 0) is 0 Å². The Bertz CT molecular complexity index is 2830. The standard InChI is InChI=1S/C54H43N/c1-34(2)36-19-24-42(25-20-36)55(43-26-21-37(22-27-43)35(3)4)44-28-23-40-30-47-48(31-41(40)29-44)50-33-52-51(32-49(47)50)53(38-13-7-5-8-14-38)45-17-11-12-18-46(45)54(52)39-15-9-6-10-16-39/h5-35H,1-4H3. The van der Waals surface area contributed by atoms with Gasteiger partial charge in [0.15, 0.2) is 0 Å². The smallest absolute Gasteiger partial charge is 0.0468 e. The quantitative estimate of drug-likeness (QED) is 0.149. The summed E-state index contributed by atoms with van der Waals surface area (Å²) in [5, 5.41) is 7.66. The van der Waals surface area contributed by atoms with Crippen LogP contribution in [0.2, 0.25) is 0 Å². The molecule has 0 unspecified atom stereocenters. The molecule has 1 nitrogen and oxygen atoms in total. The van der Waals surface area contributed by atoms with E-state index >= 15 is 0 Å². The van der Waals surface area contributed by atoms with Crippen molar-refractivity contribution in [1.29, 1.82) is 0 Å². The van der Waals surface area contributed by atoms with E-state index < -0.39 is 0 Å². The van der Waals surface area contributed by atoms with E-state index in [2.05, 4.69) is 209 Å². The highest BCUT2D eigenvalue weighted by molar-refractivity contribution is 6.24. The van der Waals surface area contributed by atoms with E-state index in [9.17, 15) is 0 Å². The lowest BCUT2D eigenvalue weighted by Gasteiger charge is -2.29. The number of hydrogen-bond donors (Lipinski definition) is 0. The van der Waals surface area contributed by atoms with E-state index in [4.69, 9.17) is 0 Å². The van der Waals surface area contributed by atoms with Gasteiger partial charge in [-0.2, -0.15) is 0 Å². The predicted octanol–water partition coefficient (Wildman–Crippen LogP) is 15.8. The van der Waals surface area contributed by atoms with Crippen molar-refractivity contribution in [2.45, 2.75) is 39.5 Å². The maximum absolute atomic E-state index is 2.47. The highest BCUT2D eigenvalue weighted by Gasteiger charge is 2.27. The van der Waals surface area contributed by atoms with Crippen LogP contribution in [0.4, 0.5) is 17.1 Å². The van der Waals surface area contributed by atoms with Gasteiger partial charge in [-0.25, -0.2) is 0 Å². The molecule has 55 heavy (non-hydrogen) atoms. The minimum absolute atomic E-state index is 0.485. The second-order valence-corrected chi connectivity index (χ2v) is 15.7. The molecule has 9 aromatic carbocycles. The number of benzene rings is 9. The van der Waals surface area contributed by atoms with Crippen molar-refractivity contribution in [3.8, 4) is 44.5 Å². The number of fused-ring (bicyclic) bond motifs is 7. The number of anilines is 3. The van der Waals surface area contributed by atoms with Crippen LogP contribution in [0.1, 0.15) is 50.7 Å². The normalized spacial score (nSPS) is 12.0. The van der Waals surface area contributed by atoms with Crippen molar-refractivity contribution in [1.82, 2.24) is 0 Å². The van der Waals surface area contributed by atoms with Gasteiger partial charge < -0.3 is 4.90 Å². The molecule has 0 aliphatic heterocycles. The van der Waals surface area contributed by atoms with Gasteiger partial charge in [-0.3, -0.25) is 0 Å². The monoisotopic (exact) mass is 705 g/mol. The van der Waals surface area contributed by atoms with Crippen molar-refractivity contribution in [3.63, 3.8) is 0 Å². The van der Waals surface area contributed by atoms with Crippen molar-refractivity contribution < 1.29 is 0 Å². The Balaban J connectivity index is 1.15. The van der Waals surface area contributed by atoms with Crippen molar-refractivity contribution in [2.75, 3.05) is 4.90 Å². The van der Waals surface area contributed by atoms with Gasteiger partial charge in [-0.15, -0.1) is 0 Å². The van der Waals surface area contributed by atoms with Crippen LogP contribution in [0.5, 0.6) is 0 Å². The van der Waals surface area contributed by atoms with Crippen molar-refractivity contribution >= 4 is 49.4 Å². The maximum Gasteiger partial charge on any atom is 0.0468 e. The maximum atomic E-state index is 2.47. The molecule has 1 aliphatic carbocycles. The molecule has 0 heterocycles. The first-order valence-corrected chi connectivity index (χ1v) is 19.6. The van der Waals surface area contributed by atoms with Gasteiger partial charge in [0.05, 0.1) is 0 Å². The highest BCUT2D eigenvalue weighted by Crippen LogP contribution is 2.54. The summed E-state index contributed by atoms with van der Waals surface area (Å²) in [6.45, 7) is 9.02. The minimum Gasteiger partial charge on any atom is -0.310 e. The van der Waals surface area contributed by atoms with Gasteiger partial charge in [0.25, 0.3) is 0 Å². The molecule has 0 bridgehead atoms. The van der Waals surface area contributed by atoms with Crippen LogP contribution in [0.15, 0.2) is 176 Å². The zero-order chi connectivity index (χ0) is 37.2. The Kier molecular flexibility index (Phi) is 7.92. The van der Waals surface area contributed by atoms with E-state index in [1.54, 1.807) is 0 Å². The lowest BCUT2D eigenvalue weighted by molar-refractivity contribution is 0.866. The first kappa shape index (κ1) is 33.2. The molecule has 1 heteroatoms. The summed E-state index contributed by atoms with van der Waals surface area (Å²) in [5.41, 5.74) is 16.6. The molecule has 10 rings (SSSR count). The molecule has 0 fully saturated rings. The number of nitrogens with zero attached hydrogens (tertiary/aromatic N) is 1. The largest absolute Gasteiger partial charge is 0.310 e. The van der Waals surface area contributed by atoms with Crippen LogP contribution in [0.25, 0.3) is 76.8 Å². The molecule has 0 N–H and O–H groups in total. The Labute approximate surface area is 324 Å². The molecule has 0 radical (unpaired) electrons. The predicted molar refractivity (Wildman–Crippen MR) is 237 cm³/mol. The van der Waals surface area contributed by atoms with E-state index in [-0.39, 0.29) is 0 Å². The zero-order valence-corrected chi connectivity index (χ0v) is 31.8. The average molecular weight is 706 g/mol. The first-order valence-electron chi connectivity index (χ1n) is 19.6. The van der Waals surface area contributed by atoms with Crippen molar-refractivity contribution in [3.05, 3.63) is 187 Å². The first-order chi connectivity index (χ1) is 26.9. The summed E-state index contributed by atoms with van der Waals surface area (Å²) in [6.07, 6.45) is 0. The van der Waals surface area contributed by atoms with Crippen LogP contribution < -0.4 is 4.90 Å². The molecule has 1 aliphatic rings. The third kappa shape index (κ3) is 5.53. The molecule has 0 saturated carbocycles. The molecule has 0 saturated heterocycles. The Hall–Kier alpha value is -6.44. The molecule has 264 valence electrons. The summed E-state index contributed by atoms with van der Waals surface area (Å²) in [6, 6.07) is 65.7. The lowest BCUT2D eigenvalue weighted by Crippen LogP contribution is -2.10. The summed E-state index contributed by atoms with van der Waals surface area (Å²) < 4.78 is 0. The van der Waals surface area contributed by atoms with Gasteiger partial charge in [0.2, 0.25) is 0 Å². The molecular formula is C54H43N. The van der Waals surface area contributed by atoms with Crippen LogP contribution in [0, 0.1) is 0 Å². The van der Waals surface area contributed by atoms with E-state index in [0.29, 0.717) is 11.8 Å². The van der Waals surface area contributed by atoms with Crippen LogP contribution in [-0.4, -0.2) is 0 Å². The van der Waals surface area contributed by atoms with E-state index in [1.807, 2.05) is 0 Å². The summed E-state index contributed by atoms with van der Waals surface area (Å²) >= 11 is 0. The lowest BCUT2D eigenvalue weighted by atomic mass is 9.75. The van der Waals surface area contributed by atoms with Gasteiger partial charge in [-0.1, -0.05) is 143 Å². The average Bonchev–Trinajstić information content (AvgIpc) is 3.22. The Morgan fingerprint density at radius 2 is 0.727 bits per heavy atom. The molecular weight excluding hydrogens is 663 g/mol. The molecule has 0 amide bonds. The number of rotatable bonds is 7. The topological polar surface area (TPSA) is 3.24 Å². The third-order valence-electron chi connectivity index (χ3n) is 11.7. The summed E-state index contributed by atoms with van der Waals surface area (Å²) in [5.74, 6) is 0.971. The molecule has 9 aromatic rings. The van der Waals surface area contributed by atoms with Crippen LogP contribution >= 0.6 is 0 Å². The third-order valence-corrected chi connectivity index (χ3v) is 11.7. The fourth-order valence-corrected chi connectivity index (χ4v) is 8.77. The molecule has 0 spiro atoms. The number of hydrogen-bond acceptors (Lipinski definition) is 1. The van der Waals surface area contributed by atoms with Crippen LogP contribution in [0.3, 0.4) is 0 Å². The highest BCUT2D eigenvalue weighted by atomic mass is 15.1.